The van der Waals surface area contributed by atoms with Crippen LogP contribution in [0, 0.1) is 12.8 Å². The van der Waals surface area contributed by atoms with Gasteiger partial charge < -0.3 is 9.88 Å². The fraction of sp³-hybridized carbons (Fsp3) is 0.333. The number of amides is 1. The van der Waals surface area contributed by atoms with Gasteiger partial charge >= 0.3 is 0 Å². The molecule has 3 rings (SSSR count). The van der Waals surface area contributed by atoms with Crippen molar-refractivity contribution in [2.75, 3.05) is 5.32 Å². The lowest BCUT2D eigenvalue weighted by molar-refractivity contribution is -0.120. The second-order valence-electron chi connectivity index (χ2n) is 5.22. The van der Waals surface area contributed by atoms with Crippen molar-refractivity contribution >= 4 is 27.5 Å². The largest absolute Gasteiger partial charge is 0.335 e. The molecule has 1 aromatic heterocycles. The van der Waals surface area contributed by atoms with Crippen molar-refractivity contribution in [1.29, 1.82) is 0 Å². The molecular formula is C15H16BrN3O. The average Bonchev–Trinajstić information content (AvgIpc) is 2.89. The zero-order valence-corrected chi connectivity index (χ0v) is 12.9. The van der Waals surface area contributed by atoms with E-state index in [1.54, 1.807) is 0 Å². The number of benzene rings is 1. The summed E-state index contributed by atoms with van der Waals surface area (Å²) in [6.07, 6.45) is 5.32. The van der Waals surface area contributed by atoms with Gasteiger partial charge in [-0.1, -0.05) is 15.9 Å². The SMILES string of the molecule is Cc1cc(Br)ccc1NC(=O)C1CCn2cncc2C1. The van der Waals surface area contributed by atoms with Gasteiger partial charge in [-0.3, -0.25) is 4.79 Å². The maximum absolute atomic E-state index is 12.4. The number of aromatic nitrogens is 2. The highest BCUT2D eigenvalue weighted by Crippen LogP contribution is 2.24. The van der Waals surface area contributed by atoms with Crippen LogP contribution < -0.4 is 5.32 Å². The van der Waals surface area contributed by atoms with E-state index in [0.717, 1.165) is 40.8 Å². The summed E-state index contributed by atoms with van der Waals surface area (Å²) in [5.41, 5.74) is 3.09. The molecule has 1 unspecified atom stereocenters. The second-order valence-corrected chi connectivity index (χ2v) is 6.13. The van der Waals surface area contributed by atoms with Crippen LogP contribution in [-0.4, -0.2) is 15.5 Å². The van der Waals surface area contributed by atoms with Crippen LogP contribution in [0.5, 0.6) is 0 Å². The molecule has 20 heavy (non-hydrogen) atoms. The average molecular weight is 334 g/mol. The van der Waals surface area contributed by atoms with Crippen LogP contribution in [-0.2, 0) is 17.8 Å². The predicted molar refractivity (Wildman–Crippen MR) is 81.5 cm³/mol. The molecule has 5 heteroatoms. The van der Waals surface area contributed by atoms with Crippen molar-refractivity contribution in [3.05, 3.63) is 46.5 Å². The summed E-state index contributed by atoms with van der Waals surface area (Å²) in [7, 11) is 0. The minimum Gasteiger partial charge on any atom is -0.335 e. The number of hydrogen-bond acceptors (Lipinski definition) is 2. The summed E-state index contributed by atoms with van der Waals surface area (Å²) in [5.74, 6) is 0.130. The van der Waals surface area contributed by atoms with E-state index < -0.39 is 0 Å². The second kappa shape index (κ2) is 5.40. The normalized spacial score (nSPS) is 17.6. The minimum absolute atomic E-state index is 0.0299. The molecule has 1 aromatic carbocycles. The number of anilines is 1. The van der Waals surface area contributed by atoms with Crippen molar-refractivity contribution in [2.24, 2.45) is 5.92 Å². The molecule has 1 atom stereocenters. The zero-order valence-electron chi connectivity index (χ0n) is 11.3. The van der Waals surface area contributed by atoms with Crippen LogP contribution in [0.2, 0.25) is 0 Å². The molecule has 2 aromatic rings. The van der Waals surface area contributed by atoms with Gasteiger partial charge in [0.25, 0.3) is 0 Å². The highest BCUT2D eigenvalue weighted by atomic mass is 79.9. The minimum atomic E-state index is 0.0299. The number of rotatable bonds is 2. The Hall–Kier alpha value is -1.62. The van der Waals surface area contributed by atoms with Gasteiger partial charge in [0.2, 0.25) is 5.91 Å². The van der Waals surface area contributed by atoms with Crippen LogP contribution in [0.3, 0.4) is 0 Å². The van der Waals surface area contributed by atoms with Crippen molar-refractivity contribution < 1.29 is 4.79 Å². The topological polar surface area (TPSA) is 46.9 Å². The maximum Gasteiger partial charge on any atom is 0.227 e. The van der Waals surface area contributed by atoms with Gasteiger partial charge in [-0.2, -0.15) is 0 Å². The van der Waals surface area contributed by atoms with Crippen molar-refractivity contribution in [3.63, 3.8) is 0 Å². The smallest absolute Gasteiger partial charge is 0.227 e. The molecular weight excluding hydrogens is 318 g/mol. The van der Waals surface area contributed by atoms with Gasteiger partial charge in [0.1, 0.15) is 0 Å². The summed E-state index contributed by atoms with van der Waals surface area (Å²) in [5, 5.41) is 3.04. The van der Waals surface area contributed by atoms with E-state index in [1.807, 2.05) is 37.6 Å². The number of nitrogens with zero attached hydrogens (tertiary/aromatic N) is 2. The first kappa shape index (κ1) is 13.4. The Balaban J connectivity index is 1.71. The molecule has 1 amide bonds. The van der Waals surface area contributed by atoms with E-state index in [9.17, 15) is 4.79 Å². The lowest BCUT2D eigenvalue weighted by Gasteiger charge is -2.23. The van der Waals surface area contributed by atoms with E-state index in [2.05, 4.69) is 30.8 Å². The number of fused-ring (bicyclic) bond motifs is 1. The molecule has 1 aliphatic heterocycles. The van der Waals surface area contributed by atoms with E-state index in [4.69, 9.17) is 0 Å². The first-order valence-electron chi connectivity index (χ1n) is 6.69. The number of hydrogen-bond donors (Lipinski definition) is 1. The van der Waals surface area contributed by atoms with Crippen LogP contribution in [0.4, 0.5) is 5.69 Å². The molecule has 104 valence electrons. The van der Waals surface area contributed by atoms with E-state index in [1.165, 1.54) is 0 Å². The molecule has 0 saturated carbocycles. The highest BCUT2D eigenvalue weighted by molar-refractivity contribution is 9.10. The molecule has 1 N–H and O–H groups in total. The Morgan fingerprint density at radius 1 is 1.50 bits per heavy atom. The Kier molecular flexibility index (Phi) is 3.61. The van der Waals surface area contributed by atoms with E-state index in [0.29, 0.717) is 0 Å². The third-order valence-corrected chi connectivity index (χ3v) is 4.28. The first-order chi connectivity index (χ1) is 9.63. The number of aryl methyl sites for hydroxylation is 2. The Morgan fingerprint density at radius 3 is 3.15 bits per heavy atom. The number of carbonyl (C=O) groups excluding carboxylic acids is 1. The quantitative estimate of drug-likeness (QED) is 0.917. The molecule has 4 nitrogen and oxygen atoms in total. The van der Waals surface area contributed by atoms with Crippen molar-refractivity contribution in [1.82, 2.24) is 9.55 Å². The van der Waals surface area contributed by atoms with Gasteiger partial charge in [0, 0.05) is 40.9 Å². The van der Waals surface area contributed by atoms with Gasteiger partial charge in [0.05, 0.1) is 6.33 Å². The summed E-state index contributed by atoms with van der Waals surface area (Å²) in [4.78, 5) is 16.5. The lowest BCUT2D eigenvalue weighted by Crippen LogP contribution is -2.30. The fourth-order valence-electron chi connectivity index (χ4n) is 2.59. The fourth-order valence-corrected chi connectivity index (χ4v) is 3.07. The molecule has 0 aliphatic carbocycles. The summed E-state index contributed by atoms with van der Waals surface area (Å²) >= 11 is 3.43. The molecule has 0 bridgehead atoms. The summed E-state index contributed by atoms with van der Waals surface area (Å²) in [6.45, 7) is 2.86. The molecule has 0 saturated heterocycles. The van der Waals surface area contributed by atoms with Gasteiger partial charge in [0.15, 0.2) is 0 Å². The summed E-state index contributed by atoms with van der Waals surface area (Å²) in [6, 6.07) is 5.88. The van der Waals surface area contributed by atoms with Crippen LogP contribution >= 0.6 is 15.9 Å². The van der Waals surface area contributed by atoms with Crippen LogP contribution in [0.15, 0.2) is 35.2 Å². The highest BCUT2D eigenvalue weighted by Gasteiger charge is 2.25. The Labute approximate surface area is 126 Å². The third kappa shape index (κ3) is 2.63. The maximum atomic E-state index is 12.4. The Morgan fingerprint density at radius 2 is 2.35 bits per heavy atom. The van der Waals surface area contributed by atoms with Gasteiger partial charge in [-0.15, -0.1) is 0 Å². The predicted octanol–water partition coefficient (Wildman–Crippen LogP) is 3.16. The van der Waals surface area contributed by atoms with Gasteiger partial charge in [-0.05, 0) is 37.1 Å². The Bertz CT molecular complexity index is 650. The number of carbonyl (C=O) groups is 1. The third-order valence-electron chi connectivity index (χ3n) is 3.79. The van der Waals surface area contributed by atoms with Gasteiger partial charge in [-0.25, -0.2) is 4.98 Å². The van der Waals surface area contributed by atoms with E-state index in [-0.39, 0.29) is 11.8 Å². The van der Waals surface area contributed by atoms with Crippen molar-refractivity contribution in [3.8, 4) is 0 Å². The molecule has 2 heterocycles. The monoisotopic (exact) mass is 333 g/mol. The van der Waals surface area contributed by atoms with E-state index >= 15 is 0 Å². The zero-order chi connectivity index (χ0) is 14.1. The molecule has 0 fully saturated rings. The number of halogens is 1. The number of nitrogens with one attached hydrogen (secondary N) is 1. The lowest BCUT2D eigenvalue weighted by atomic mass is 9.95. The van der Waals surface area contributed by atoms with Crippen molar-refractivity contribution in [2.45, 2.75) is 26.3 Å². The first-order valence-corrected chi connectivity index (χ1v) is 7.49. The number of imidazole rings is 1. The molecule has 0 spiro atoms. The molecule has 0 radical (unpaired) electrons. The standard InChI is InChI=1S/C15H16BrN3O/c1-10-6-12(16)2-3-14(10)18-15(20)11-4-5-19-9-17-8-13(19)7-11/h2-3,6,8-9,11H,4-5,7H2,1H3,(H,18,20). The van der Waals surface area contributed by atoms with Crippen LogP contribution in [0.1, 0.15) is 17.7 Å². The van der Waals surface area contributed by atoms with Crippen LogP contribution in [0.25, 0.3) is 0 Å². The summed E-state index contributed by atoms with van der Waals surface area (Å²) < 4.78 is 3.14. The molecule has 1 aliphatic rings.